The van der Waals surface area contributed by atoms with Gasteiger partial charge >= 0.3 is 5.97 Å². The number of carboxylic acids is 1. The summed E-state index contributed by atoms with van der Waals surface area (Å²) in [4.78, 5) is 10.6. The molecule has 1 saturated heterocycles. The lowest BCUT2D eigenvalue weighted by atomic mass is 10.1. The van der Waals surface area contributed by atoms with Crippen molar-refractivity contribution in [3.63, 3.8) is 0 Å². The fraction of sp³-hybridized carbons (Fsp3) is 0.727. The number of nitrogens with two attached hydrogens (primary N) is 1. The van der Waals surface area contributed by atoms with Gasteiger partial charge in [0.2, 0.25) is 5.95 Å². The molecule has 2 heterocycles. The second kappa shape index (κ2) is 6.76. The molecule has 0 spiro atoms. The summed E-state index contributed by atoms with van der Waals surface area (Å²) in [7, 11) is 0. The Morgan fingerprint density at radius 2 is 2.37 bits per heavy atom. The van der Waals surface area contributed by atoms with Gasteiger partial charge in [0.1, 0.15) is 0 Å². The molecule has 7 nitrogen and oxygen atoms in total. The summed E-state index contributed by atoms with van der Waals surface area (Å²) in [6, 6.07) is 0. The molecule has 1 aliphatic heterocycles. The van der Waals surface area contributed by atoms with Gasteiger partial charge in [-0.25, -0.2) is 0 Å². The molecule has 19 heavy (non-hydrogen) atoms. The van der Waals surface area contributed by atoms with Crippen molar-refractivity contribution in [3.8, 4) is 0 Å². The quantitative estimate of drug-likeness (QED) is 0.752. The van der Waals surface area contributed by atoms with Crippen LogP contribution in [-0.4, -0.2) is 44.3 Å². The number of aromatic nitrogens is 3. The van der Waals surface area contributed by atoms with E-state index in [1.54, 1.807) is 4.57 Å². The highest BCUT2D eigenvalue weighted by atomic mass is 32.2. The predicted molar refractivity (Wildman–Crippen MR) is 71.0 cm³/mol. The predicted octanol–water partition coefficient (Wildman–Crippen LogP) is 0.996. The van der Waals surface area contributed by atoms with Gasteiger partial charge in [0, 0.05) is 13.2 Å². The highest BCUT2D eigenvalue weighted by Gasteiger charge is 2.17. The number of hydrogen-bond acceptors (Lipinski definition) is 6. The van der Waals surface area contributed by atoms with Crippen molar-refractivity contribution in [2.45, 2.75) is 43.5 Å². The number of nitrogens with zero attached hydrogens (tertiary/aromatic N) is 3. The maximum absolute atomic E-state index is 10.6. The Morgan fingerprint density at radius 3 is 3.05 bits per heavy atom. The zero-order valence-corrected chi connectivity index (χ0v) is 11.4. The molecule has 2 rings (SSSR count). The number of ether oxygens (including phenoxy) is 1. The minimum Gasteiger partial charge on any atom is -0.481 e. The number of carbonyl (C=O) groups is 1. The monoisotopic (exact) mass is 286 g/mol. The molecule has 0 aromatic carbocycles. The first-order valence-corrected chi connectivity index (χ1v) is 7.30. The summed E-state index contributed by atoms with van der Waals surface area (Å²) in [6.07, 6.45) is 4.50. The van der Waals surface area contributed by atoms with Gasteiger partial charge in [-0.1, -0.05) is 11.8 Å². The highest BCUT2D eigenvalue weighted by Crippen LogP contribution is 2.21. The van der Waals surface area contributed by atoms with E-state index in [2.05, 4.69) is 10.2 Å². The number of hydrogen-bond donors (Lipinski definition) is 2. The molecular weight excluding hydrogens is 268 g/mol. The first-order valence-electron chi connectivity index (χ1n) is 6.31. The van der Waals surface area contributed by atoms with Crippen molar-refractivity contribution < 1.29 is 14.6 Å². The normalized spacial score (nSPS) is 19.5. The summed E-state index contributed by atoms with van der Waals surface area (Å²) in [5.41, 5.74) is 5.75. The molecule has 1 aliphatic rings. The molecule has 106 valence electrons. The third-order valence-electron chi connectivity index (χ3n) is 3.02. The van der Waals surface area contributed by atoms with Gasteiger partial charge in [0.15, 0.2) is 5.16 Å². The van der Waals surface area contributed by atoms with Crippen molar-refractivity contribution >= 4 is 23.7 Å². The Morgan fingerprint density at radius 1 is 1.53 bits per heavy atom. The van der Waals surface area contributed by atoms with Gasteiger partial charge < -0.3 is 15.6 Å². The van der Waals surface area contributed by atoms with Crippen LogP contribution in [0.4, 0.5) is 5.95 Å². The molecule has 1 aromatic rings. The lowest BCUT2D eigenvalue weighted by Crippen LogP contribution is -2.21. The summed E-state index contributed by atoms with van der Waals surface area (Å²) in [6.45, 7) is 1.48. The van der Waals surface area contributed by atoms with Gasteiger partial charge in [-0.05, 0) is 25.7 Å². The van der Waals surface area contributed by atoms with Crippen LogP contribution < -0.4 is 5.73 Å². The molecule has 8 heteroatoms. The number of nitrogen functional groups attached to an aromatic ring is 1. The summed E-state index contributed by atoms with van der Waals surface area (Å²) >= 11 is 1.13. The van der Waals surface area contributed by atoms with Crippen molar-refractivity contribution in [2.24, 2.45) is 0 Å². The zero-order valence-electron chi connectivity index (χ0n) is 10.6. The molecular formula is C11H18N4O3S. The zero-order chi connectivity index (χ0) is 13.7. The minimum atomic E-state index is -0.881. The molecule has 3 N–H and O–H groups in total. The molecule has 0 aliphatic carbocycles. The summed E-state index contributed by atoms with van der Waals surface area (Å²) in [5, 5.41) is 16.9. The molecule has 1 unspecified atom stereocenters. The number of anilines is 1. The van der Waals surface area contributed by atoms with E-state index < -0.39 is 5.97 Å². The summed E-state index contributed by atoms with van der Waals surface area (Å²) in [5.74, 6) is -0.602. The molecule has 1 atom stereocenters. The van der Waals surface area contributed by atoms with E-state index in [1.165, 1.54) is 6.42 Å². The largest absolute Gasteiger partial charge is 0.481 e. The average Bonchev–Trinajstić information content (AvgIpc) is 2.76. The van der Waals surface area contributed by atoms with Crippen molar-refractivity contribution in [1.82, 2.24) is 14.8 Å². The third-order valence-corrected chi connectivity index (χ3v) is 3.97. The molecule has 0 radical (unpaired) electrons. The third kappa shape index (κ3) is 4.10. The molecule has 0 saturated carbocycles. The van der Waals surface area contributed by atoms with Crippen molar-refractivity contribution in [2.75, 3.05) is 18.1 Å². The number of rotatable bonds is 6. The van der Waals surface area contributed by atoms with Crippen molar-refractivity contribution in [1.29, 1.82) is 0 Å². The van der Waals surface area contributed by atoms with E-state index in [4.69, 9.17) is 15.6 Å². The fourth-order valence-corrected chi connectivity index (χ4v) is 2.74. The SMILES string of the molecule is Nc1nnc(SCC(=O)O)n1CCC1CCCCO1. The van der Waals surface area contributed by atoms with Gasteiger partial charge in [0.25, 0.3) is 0 Å². The average molecular weight is 286 g/mol. The number of carboxylic acid groups (broad SMARTS) is 1. The highest BCUT2D eigenvalue weighted by molar-refractivity contribution is 7.99. The van der Waals surface area contributed by atoms with Crippen LogP contribution in [-0.2, 0) is 16.1 Å². The van der Waals surface area contributed by atoms with E-state index in [-0.39, 0.29) is 11.9 Å². The van der Waals surface area contributed by atoms with E-state index in [9.17, 15) is 4.79 Å². The Balaban J connectivity index is 1.90. The van der Waals surface area contributed by atoms with Crippen LogP contribution in [0.2, 0.25) is 0 Å². The first-order chi connectivity index (χ1) is 9.16. The van der Waals surface area contributed by atoms with Crippen LogP contribution >= 0.6 is 11.8 Å². The number of aliphatic carboxylic acids is 1. The topological polar surface area (TPSA) is 103 Å². The molecule has 0 amide bonds. The van der Waals surface area contributed by atoms with Gasteiger partial charge in [-0.2, -0.15) is 0 Å². The van der Waals surface area contributed by atoms with E-state index >= 15 is 0 Å². The van der Waals surface area contributed by atoms with Crippen LogP contribution in [0.25, 0.3) is 0 Å². The van der Waals surface area contributed by atoms with E-state index in [0.29, 0.717) is 17.6 Å². The first kappa shape index (κ1) is 14.1. The van der Waals surface area contributed by atoms with E-state index in [1.807, 2.05) is 0 Å². The second-order valence-corrected chi connectivity index (χ2v) is 5.39. The Bertz CT molecular complexity index is 432. The minimum absolute atomic E-state index is 0.0436. The van der Waals surface area contributed by atoms with Crippen LogP contribution in [0.5, 0.6) is 0 Å². The number of thioether (sulfide) groups is 1. The van der Waals surface area contributed by atoms with Gasteiger partial charge in [-0.3, -0.25) is 9.36 Å². The second-order valence-electron chi connectivity index (χ2n) is 4.45. The van der Waals surface area contributed by atoms with Crippen LogP contribution in [0.15, 0.2) is 5.16 Å². The molecule has 0 bridgehead atoms. The Labute approximate surface area is 115 Å². The van der Waals surface area contributed by atoms with E-state index in [0.717, 1.165) is 37.6 Å². The molecule has 1 aromatic heterocycles. The van der Waals surface area contributed by atoms with Gasteiger partial charge in [-0.15, -0.1) is 10.2 Å². The Kier molecular flexibility index (Phi) is 5.03. The van der Waals surface area contributed by atoms with Crippen LogP contribution in [0, 0.1) is 0 Å². The van der Waals surface area contributed by atoms with Crippen molar-refractivity contribution in [3.05, 3.63) is 0 Å². The maximum atomic E-state index is 10.6. The maximum Gasteiger partial charge on any atom is 0.313 e. The van der Waals surface area contributed by atoms with Gasteiger partial charge in [0.05, 0.1) is 11.9 Å². The molecule has 1 fully saturated rings. The lowest BCUT2D eigenvalue weighted by molar-refractivity contribution is -0.133. The Hall–Kier alpha value is -1.28. The standard InChI is InChI=1S/C11H18N4O3S/c12-10-13-14-11(19-7-9(16)17)15(10)5-4-8-3-1-2-6-18-8/h8H,1-7H2,(H2,12,13)(H,16,17). The smallest absolute Gasteiger partial charge is 0.313 e. The van der Waals surface area contributed by atoms with Crippen LogP contribution in [0.3, 0.4) is 0 Å². The lowest BCUT2D eigenvalue weighted by Gasteiger charge is -2.22. The van der Waals surface area contributed by atoms with Crippen LogP contribution in [0.1, 0.15) is 25.7 Å². The summed E-state index contributed by atoms with van der Waals surface area (Å²) < 4.78 is 7.41. The fourth-order valence-electron chi connectivity index (χ4n) is 2.05.